The molecule has 0 spiro atoms. The Morgan fingerprint density at radius 3 is 2.61 bits per heavy atom. The van der Waals surface area contributed by atoms with Crippen LogP contribution in [0.1, 0.15) is 37.4 Å². The summed E-state index contributed by atoms with van der Waals surface area (Å²) in [6.45, 7) is 0. The molecule has 1 aliphatic rings. The molecule has 1 aromatic rings. The molecule has 2 rings (SSSR count). The Labute approximate surface area is 113 Å². The van der Waals surface area contributed by atoms with Crippen molar-refractivity contribution < 1.29 is 8.78 Å². The van der Waals surface area contributed by atoms with Gasteiger partial charge in [-0.1, -0.05) is 0 Å². The molecule has 1 saturated carbocycles. The number of hydrogen-bond donors (Lipinski definition) is 2. The van der Waals surface area contributed by atoms with Crippen molar-refractivity contribution in [3.63, 3.8) is 0 Å². The van der Waals surface area contributed by atoms with Gasteiger partial charge in [0.05, 0.1) is 22.4 Å². The van der Waals surface area contributed by atoms with Crippen LogP contribution in [0, 0.1) is 5.92 Å². The Hall–Kier alpha value is -0.530. The minimum atomic E-state index is -2.51. The van der Waals surface area contributed by atoms with E-state index in [9.17, 15) is 8.78 Å². The lowest BCUT2D eigenvalue weighted by Crippen LogP contribution is -2.38. The van der Waals surface area contributed by atoms with Gasteiger partial charge in [-0.15, -0.1) is 0 Å². The van der Waals surface area contributed by atoms with E-state index in [1.807, 2.05) is 7.05 Å². The smallest absolute Gasteiger partial charge is 0.248 e. The van der Waals surface area contributed by atoms with Gasteiger partial charge in [-0.2, -0.15) is 5.10 Å². The van der Waals surface area contributed by atoms with E-state index in [-0.39, 0.29) is 24.8 Å². The predicted molar refractivity (Wildman–Crippen MR) is 67.9 cm³/mol. The van der Waals surface area contributed by atoms with Crippen LogP contribution in [0.3, 0.4) is 0 Å². The molecule has 0 aromatic carbocycles. The van der Waals surface area contributed by atoms with Gasteiger partial charge in [-0.05, 0) is 34.7 Å². The van der Waals surface area contributed by atoms with Gasteiger partial charge in [0, 0.05) is 19.9 Å². The molecule has 1 unspecified atom stereocenters. The molecule has 1 aliphatic carbocycles. The summed E-state index contributed by atoms with van der Waals surface area (Å²) < 4.78 is 28.9. The highest BCUT2D eigenvalue weighted by atomic mass is 79.9. The Morgan fingerprint density at radius 1 is 1.56 bits per heavy atom. The number of nitrogens with one attached hydrogen (secondary N) is 1. The fourth-order valence-electron chi connectivity index (χ4n) is 2.60. The molecular formula is C11H17BrF2N4. The van der Waals surface area contributed by atoms with Crippen molar-refractivity contribution in [3.8, 4) is 0 Å². The van der Waals surface area contributed by atoms with Crippen molar-refractivity contribution in [2.24, 2.45) is 18.8 Å². The summed E-state index contributed by atoms with van der Waals surface area (Å²) >= 11 is 3.42. The minimum Gasteiger partial charge on any atom is -0.271 e. The van der Waals surface area contributed by atoms with E-state index in [2.05, 4.69) is 26.5 Å². The van der Waals surface area contributed by atoms with Crippen LogP contribution in [0.2, 0.25) is 0 Å². The zero-order valence-corrected chi connectivity index (χ0v) is 11.8. The topological polar surface area (TPSA) is 55.9 Å². The molecule has 0 radical (unpaired) electrons. The van der Waals surface area contributed by atoms with E-state index in [0.717, 1.165) is 10.2 Å². The highest BCUT2D eigenvalue weighted by Gasteiger charge is 2.38. The Balaban J connectivity index is 2.15. The molecular weight excluding hydrogens is 306 g/mol. The van der Waals surface area contributed by atoms with Crippen molar-refractivity contribution in [3.05, 3.63) is 16.4 Å². The lowest BCUT2D eigenvalue weighted by molar-refractivity contribution is -0.0500. The normalized spacial score (nSPS) is 22.1. The first-order valence-corrected chi connectivity index (χ1v) is 6.75. The quantitative estimate of drug-likeness (QED) is 0.664. The van der Waals surface area contributed by atoms with Crippen LogP contribution in [-0.2, 0) is 7.05 Å². The predicted octanol–water partition coefficient (Wildman–Crippen LogP) is 2.51. The molecule has 0 amide bonds. The Bertz CT molecular complexity index is 392. The van der Waals surface area contributed by atoms with Gasteiger partial charge in [0.15, 0.2) is 0 Å². The van der Waals surface area contributed by atoms with Crippen molar-refractivity contribution in [2.45, 2.75) is 37.6 Å². The van der Waals surface area contributed by atoms with Gasteiger partial charge in [-0.25, -0.2) is 8.78 Å². The minimum absolute atomic E-state index is 0.0642. The standard InChI is InChI=1S/C11H17BrF2N4/c1-18-10(8(12)6-16-18)9(17-15)7-2-4-11(13,14)5-3-7/h6-7,9,17H,2-5,15H2,1H3. The zero-order chi connectivity index (χ0) is 13.3. The highest BCUT2D eigenvalue weighted by Crippen LogP contribution is 2.42. The van der Waals surface area contributed by atoms with Crippen molar-refractivity contribution >= 4 is 15.9 Å². The summed E-state index contributed by atoms with van der Waals surface area (Å²) in [5.41, 5.74) is 3.66. The van der Waals surface area contributed by atoms with Gasteiger partial charge in [0.25, 0.3) is 0 Å². The third kappa shape index (κ3) is 2.73. The summed E-state index contributed by atoms with van der Waals surface area (Å²) in [5.74, 6) is 3.20. The highest BCUT2D eigenvalue weighted by molar-refractivity contribution is 9.10. The number of halogens is 3. The number of hydrazine groups is 1. The third-order valence-corrected chi connectivity index (χ3v) is 4.26. The van der Waals surface area contributed by atoms with E-state index in [4.69, 9.17) is 5.84 Å². The van der Waals surface area contributed by atoms with Crippen molar-refractivity contribution in [1.29, 1.82) is 0 Å². The fourth-order valence-corrected chi connectivity index (χ4v) is 3.20. The molecule has 1 atom stereocenters. The van der Waals surface area contributed by atoms with Gasteiger partial charge in [0.2, 0.25) is 5.92 Å². The average Bonchev–Trinajstić information content (AvgIpc) is 2.64. The van der Waals surface area contributed by atoms with Gasteiger partial charge >= 0.3 is 0 Å². The third-order valence-electron chi connectivity index (χ3n) is 3.64. The molecule has 4 nitrogen and oxygen atoms in total. The van der Waals surface area contributed by atoms with E-state index in [1.54, 1.807) is 10.9 Å². The molecule has 7 heteroatoms. The number of hydrogen-bond acceptors (Lipinski definition) is 3. The first kappa shape index (κ1) is 13.9. The molecule has 0 aliphatic heterocycles. The van der Waals surface area contributed by atoms with Crippen LogP contribution in [-0.4, -0.2) is 15.7 Å². The maximum atomic E-state index is 13.2. The van der Waals surface area contributed by atoms with E-state index in [1.165, 1.54) is 0 Å². The molecule has 1 aromatic heterocycles. The van der Waals surface area contributed by atoms with E-state index >= 15 is 0 Å². The summed E-state index contributed by atoms with van der Waals surface area (Å²) in [5, 5.41) is 4.13. The molecule has 3 N–H and O–H groups in total. The van der Waals surface area contributed by atoms with Crippen LogP contribution in [0.5, 0.6) is 0 Å². The zero-order valence-electron chi connectivity index (χ0n) is 10.2. The molecule has 18 heavy (non-hydrogen) atoms. The monoisotopic (exact) mass is 322 g/mol. The summed E-state index contributed by atoms with van der Waals surface area (Å²) in [6, 6.07) is -0.150. The molecule has 102 valence electrons. The number of nitrogens with zero attached hydrogens (tertiary/aromatic N) is 2. The lowest BCUT2D eigenvalue weighted by Gasteiger charge is -2.33. The second kappa shape index (κ2) is 5.22. The SMILES string of the molecule is Cn1ncc(Br)c1C(NN)C1CCC(F)(F)CC1. The van der Waals surface area contributed by atoms with Crippen LogP contribution in [0.15, 0.2) is 10.7 Å². The molecule has 1 heterocycles. The largest absolute Gasteiger partial charge is 0.271 e. The molecule has 0 saturated heterocycles. The molecule has 1 fully saturated rings. The maximum Gasteiger partial charge on any atom is 0.248 e. The lowest BCUT2D eigenvalue weighted by atomic mass is 9.81. The number of alkyl halides is 2. The Kier molecular flexibility index (Phi) is 4.03. The van der Waals surface area contributed by atoms with E-state index < -0.39 is 5.92 Å². The Morgan fingerprint density at radius 2 is 2.17 bits per heavy atom. The van der Waals surface area contributed by atoms with Gasteiger partial charge < -0.3 is 0 Å². The summed E-state index contributed by atoms with van der Waals surface area (Å²) in [6.07, 6.45) is 2.51. The summed E-state index contributed by atoms with van der Waals surface area (Å²) in [4.78, 5) is 0. The van der Waals surface area contributed by atoms with Crippen LogP contribution < -0.4 is 11.3 Å². The second-order valence-corrected chi connectivity index (χ2v) is 5.69. The van der Waals surface area contributed by atoms with Crippen molar-refractivity contribution in [1.82, 2.24) is 15.2 Å². The fraction of sp³-hybridized carbons (Fsp3) is 0.727. The number of rotatable bonds is 3. The van der Waals surface area contributed by atoms with Crippen LogP contribution >= 0.6 is 15.9 Å². The maximum absolute atomic E-state index is 13.2. The second-order valence-electron chi connectivity index (χ2n) is 4.84. The molecule has 0 bridgehead atoms. The summed E-state index contributed by atoms with van der Waals surface area (Å²) in [7, 11) is 1.82. The first-order valence-electron chi connectivity index (χ1n) is 5.96. The average molecular weight is 323 g/mol. The number of aryl methyl sites for hydroxylation is 1. The van der Waals surface area contributed by atoms with Crippen LogP contribution in [0.4, 0.5) is 8.78 Å². The number of nitrogens with two attached hydrogens (primary N) is 1. The van der Waals surface area contributed by atoms with Gasteiger partial charge in [-0.3, -0.25) is 16.0 Å². The number of aromatic nitrogens is 2. The van der Waals surface area contributed by atoms with Gasteiger partial charge in [0.1, 0.15) is 0 Å². The van der Waals surface area contributed by atoms with Crippen molar-refractivity contribution in [2.75, 3.05) is 0 Å². The first-order chi connectivity index (χ1) is 8.44. The van der Waals surface area contributed by atoms with E-state index in [0.29, 0.717) is 12.8 Å². The van der Waals surface area contributed by atoms with Crippen LogP contribution in [0.25, 0.3) is 0 Å².